The van der Waals surface area contributed by atoms with Crippen LogP contribution in [0.25, 0.3) is 21.8 Å². The summed E-state index contributed by atoms with van der Waals surface area (Å²) < 4.78 is 1.24. The summed E-state index contributed by atoms with van der Waals surface area (Å²) in [7, 11) is 0. The molecule has 130 valence electrons. The Morgan fingerprint density at radius 3 is 2.92 bits per heavy atom. The van der Waals surface area contributed by atoms with Crippen LogP contribution in [0.2, 0.25) is 0 Å². The molecule has 6 nitrogen and oxygen atoms in total. The average molecular weight is 338 g/mol. The summed E-state index contributed by atoms with van der Waals surface area (Å²) in [6, 6.07) is 7.93. The maximum Gasteiger partial charge on any atom is 0.291 e. The summed E-state index contributed by atoms with van der Waals surface area (Å²) >= 11 is 0. The van der Waals surface area contributed by atoms with Gasteiger partial charge in [-0.15, -0.1) is 0 Å². The molecule has 1 fully saturated rings. The molecule has 1 saturated carbocycles. The number of aromatic amines is 1. The number of aromatic nitrogens is 3. The summed E-state index contributed by atoms with van der Waals surface area (Å²) in [6.45, 7) is 2.12. The SMILES string of the molecule is C[C@@H]1CCCC[C@@H]1NC(=O)Cn1ncc2c([nH]c3ccccc32)c1=O. The lowest BCUT2D eigenvalue weighted by atomic mass is 9.86. The molecule has 1 amide bonds. The number of nitrogens with zero attached hydrogens (tertiary/aromatic N) is 2. The highest BCUT2D eigenvalue weighted by atomic mass is 16.2. The number of carbonyl (C=O) groups is 1. The van der Waals surface area contributed by atoms with E-state index in [4.69, 9.17) is 0 Å². The van der Waals surface area contributed by atoms with Crippen LogP contribution < -0.4 is 10.9 Å². The predicted molar refractivity (Wildman–Crippen MR) is 97.4 cm³/mol. The number of amides is 1. The van der Waals surface area contributed by atoms with E-state index in [9.17, 15) is 9.59 Å². The van der Waals surface area contributed by atoms with Crippen LogP contribution in [-0.2, 0) is 11.3 Å². The molecule has 6 heteroatoms. The molecule has 1 aliphatic rings. The molecule has 0 bridgehead atoms. The van der Waals surface area contributed by atoms with E-state index in [1.807, 2.05) is 24.3 Å². The third-order valence-electron chi connectivity index (χ3n) is 5.27. The van der Waals surface area contributed by atoms with Crippen molar-refractivity contribution >= 4 is 27.7 Å². The summed E-state index contributed by atoms with van der Waals surface area (Å²) in [4.78, 5) is 28.2. The molecule has 2 heterocycles. The van der Waals surface area contributed by atoms with Gasteiger partial charge >= 0.3 is 0 Å². The molecule has 1 aliphatic carbocycles. The van der Waals surface area contributed by atoms with E-state index in [-0.39, 0.29) is 24.1 Å². The minimum atomic E-state index is -0.263. The number of para-hydroxylation sites is 1. The van der Waals surface area contributed by atoms with Crippen molar-refractivity contribution in [3.8, 4) is 0 Å². The first-order valence-electron chi connectivity index (χ1n) is 8.89. The van der Waals surface area contributed by atoms with Gasteiger partial charge in [-0.25, -0.2) is 4.68 Å². The lowest BCUT2D eigenvalue weighted by molar-refractivity contribution is -0.123. The molecule has 0 radical (unpaired) electrons. The van der Waals surface area contributed by atoms with Gasteiger partial charge in [-0.05, 0) is 24.8 Å². The Morgan fingerprint density at radius 2 is 2.08 bits per heavy atom. The number of hydrogen-bond donors (Lipinski definition) is 2. The van der Waals surface area contributed by atoms with Gasteiger partial charge in [0.1, 0.15) is 12.1 Å². The Morgan fingerprint density at radius 1 is 1.28 bits per heavy atom. The molecule has 25 heavy (non-hydrogen) atoms. The summed E-state index contributed by atoms with van der Waals surface area (Å²) in [5.74, 6) is 0.336. The van der Waals surface area contributed by atoms with E-state index in [2.05, 4.69) is 22.3 Å². The van der Waals surface area contributed by atoms with Crippen LogP contribution >= 0.6 is 0 Å². The standard InChI is InChI=1S/C19H22N4O2/c1-12-6-2-4-8-15(12)21-17(24)11-23-19(25)18-14(10-20-23)13-7-3-5-9-16(13)22-18/h3,5,7,9-10,12,15,22H,2,4,6,8,11H2,1H3,(H,21,24)/t12-,15+/m1/s1. The smallest absolute Gasteiger partial charge is 0.291 e. The van der Waals surface area contributed by atoms with Crippen LogP contribution in [0.3, 0.4) is 0 Å². The minimum Gasteiger partial charge on any atom is -0.351 e. The Kier molecular flexibility index (Phi) is 4.03. The van der Waals surface area contributed by atoms with Crippen molar-refractivity contribution in [1.82, 2.24) is 20.1 Å². The van der Waals surface area contributed by atoms with Gasteiger partial charge in [-0.3, -0.25) is 9.59 Å². The van der Waals surface area contributed by atoms with Gasteiger partial charge in [0, 0.05) is 22.3 Å². The van der Waals surface area contributed by atoms with Crippen molar-refractivity contribution in [1.29, 1.82) is 0 Å². The fourth-order valence-electron chi connectivity index (χ4n) is 3.81. The zero-order chi connectivity index (χ0) is 17.4. The van der Waals surface area contributed by atoms with Crippen LogP contribution in [0, 0.1) is 5.92 Å². The lowest BCUT2D eigenvalue weighted by Crippen LogP contribution is -2.43. The number of H-pyrrole nitrogens is 1. The number of rotatable bonds is 3. The van der Waals surface area contributed by atoms with Gasteiger partial charge in [-0.1, -0.05) is 38.0 Å². The fraction of sp³-hybridized carbons (Fsp3) is 0.421. The zero-order valence-corrected chi connectivity index (χ0v) is 14.3. The summed E-state index contributed by atoms with van der Waals surface area (Å²) in [6.07, 6.45) is 6.19. The van der Waals surface area contributed by atoms with Crippen LogP contribution in [-0.4, -0.2) is 26.7 Å². The molecule has 0 aliphatic heterocycles. The van der Waals surface area contributed by atoms with Crippen molar-refractivity contribution < 1.29 is 4.79 Å². The van der Waals surface area contributed by atoms with Crippen molar-refractivity contribution in [2.75, 3.05) is 0 Å². The normalized spacial score (nSPS) is 20.8. The van der Waals surface area contributed by atoms with Crippen LogP contribution in [0.5, 0.6) is 0 Å². The molecule has 0 saturated heterocycles. The Hall–Kier alpha value is -2.63. The highest BCUT2D eigenvalue weighted by Crippen LogP contribution is 2.24. The maximum atomic E-state index is 12.7. The van der Waals surface area contributed by atoms with Crippen molar-refractivity contribution in [2.45, 2.75) is 45.2 Å². The molecular formula is C19H22N4O2. The first-order chi connectivity index (χ1) is 12.1. The van der Waals surface area contributed by atoms with Crippen LogP contribution in [0.15, 0.2) is 35.3 Å². The Balaban J connectivity index is 1.59. The number of benzene rings is 1. The fourth-order valence-corrected chi connectivity index (χ4v) is 3.81. The molecule has 2 N–H and O–H groups in total. The van der Waals surface area contributed by atoms with Crippen molar-refractivity contribution in [3.63, 3.8) is 0 Å². The highest BCUT2D eigenvalue weighted by Gasteiger charge is 2.23. The van der Waals surface area contributed by atoms with Crippen molar-refractivity contribution in [2.24, 2.45) is 5.92 Å². The predicted octanol–water partition coefficient (Wildman–Crippen LogP) is 2.57. The molecule has 3 aromatic rings. The third-order valence-corrected chi connectivity index (χ3v) is 5.27. The zero-order valence-electron chi connectivity index (χ0n) is 14.3. The van der Waals surface area contributed by atoms with E-state index in [0.29, 0.717) is 11.4 Å². The van der Waals surface area contributed by atoms with E-state index in [0.717, 1.165) is 35.6 Å². The number of nitrogens with one attached hydrogen (secondary N) is 2. The molecule has 1 aromatic carbocycles. The quantitative estimate of drug-likeness (QED) is 0.770. The summed E-state index contributed by atoms with van der Waals surface area (Å²) in [5, 5.41) is 9.03. The van der Waals surface area contributed by atoms with Crippen molar-refractivity contribution in [3.05, 3.63) is 40.8 Å². The third kappa shape index (κ3) is 2.92. The second-order valence-electron chi connectivity index (χ2n) is 7.00. The first kappa shape index (κ1) is 15.9. The van der Waals surface area contributed by atoms with Gasteiger partial charge in [0.2, 0.25) is 5.91 Å². The summed E-state index contributed by atoms with van der Waals surface area (Å²) in [5.41, 5.74) is 1.13. The monoisotopic (exact) mass is 338 g/mol. The minimum absolute atomic E-state index is 0.0483. The molecule has 2 aromatic heterocycles. The van der Waals surface area contributed by atoms with E-state index < -0.39 is 0 Å². The first-order valence-corrected chi connectivity index (χ1v) is 8.89. The number of fused-ring (bicyclic) bond motifs is 3. The topological polar surface area (TPSA) is 79.8 Å². The van der Waals surface area contributed by atoms with Gasteiger partial charge < -0.3 is 10.3 Å². The number of hydrogen-bond acceptors (Lipinski definition) is 3. The second-order valence-corrected chi connectivity index (χ2v) is 7.00. The largest absolute Gasteiger partial charge is 0.351 e. The molecule has 2 atom stereocenters. The van der Waals surface area contributed by atoms with Gasteiger partial charge in [0.05, 0.1) is 6.20 Å². The lowest BCUT2D eigenvalue weighted by Gasteiger charge is -2.29. The molecular weight excluding hydrogens is 316 g/mol. The maximum absolute atomic E-state index is 12.7. The van der Waals surface area contributed by atoms with Crippen LogP contribution in [0.1, 0.15) is 32.6 Å². The molecule has 4 rings (SSSR count). The van der Waals surface area contributed by atoms with E-state index >= 15 is 0 Å². The second kappa shape index (κ2) is 6.35. The average Bonchev–Trinajstić information content (AvgIpc) is 2.99. The highest BCUT2D eigenvalue weighted by molar-refractivity contribution is 6.06. The molecule has 0 spiro atoms. The molecule has 0 unspecified atom stereocenters. The van der Waals surface area contributed by atoms with Gasteiger partial charge in [0.15, 0.2) is 0 Å². The Labute approximate surface area is 145 Å². The van der Waals surface area contributed by atoms with E-state index in [1.165, 1.54) is 11.1 Å². The number of carbonyl (C=O) groups excluding carboxylic acids is 1. The Bertz CT molecular complexity index is 988. The van der Waals surface area contributed by atoms with Gasteiger partial charge in [0.25, 0.3) is 5.56 Å². The van der Waals surface area contributed by atoms with E-state index in [1.54, 1.807) is 6.20 Å². The van der Waals surface area contributed by atoms with Crippen LogP contribution in [0.4, 0.5) is 0 Å². The van der Waals surface area contributed by atoms with Gasteiger partial charge in [-0.2, -0.15) is 5.10 Å².